The van der Waals surface area contributed by atoms with E-state index in [1.54, 1.807) is 24.3 Å². The molecule has 0 aliphatic rings. The van der Waals surface area contributed by atoms with Gasteiger partial charge in [0.15, 0.2) is 0 Å². The molecule has 5 heteroatoms. The number of thiophene rings is 1. The number of rotatable bonds is 2. The molecule has 0 aliphatic carbocycles. The summed E-state index contributed by atoms with van der Waals surface area (Å²) in [5, 5.41) is 11.5. The molecule has 2 rings (SSSR count). The number of hydrogen-bond donors (Lipinski definition) is 1. The smallest absolute Gasteiger partial charge is 0.265 e. The van der Waals surface area contributed by atoms with Gasteiger partial charge in [0.05, 0.1) is 20.3 Å². The summed E-state index contributed by atoms with van der Waals surface area (Å²) < 4.78 is 0.965. The number of nitriles is 1. The third-order valence-electron chi connectivity index (χ3n) is 2.35. The van der Waals surface area contributed by atoms with Gasteiger partial charge in [0.2, 0.25) is 0 Å². The number of anilines is 1. The van der Waals surface area contributed by atoms with Crippen molar-refractivity contribution in [1.82, 2.24) is 0 Å². The fourth-order valence-electron chi connectivity index (χ4n) is 1.39. The number of carbonyl (C=O) groups is 1. The van der Waals surface area contributed by atoms with Crippen molar-refractivity contribution in [3.05, 3.63) is 50.1 Å². The first-order valence-corrected chi connectivity index (χ1v) is 6.78. The lowest BCUT2D eigenvalue weighted by molar-refractivity contribution is 0.103. The Hall–Kier alpha value is -1.64. The first kappa shape index (κ1) is 12.8. The predicted octanol–water partition coefficient (Wildman–Crippen LogP) is 3.94. The average molecular weight is 321 g/mol. The van der Waals surface area contributed by atoms with E-state index in [2.05, 4.69) is 21.2 Å². The van der Waals surface area contributed by atoms with Crippen molar-refractivity contribution in [2.45, 2.75) is 6.92 Å². The molecule has 1 N–H and O–H groups in total. The van der Waals surface area contributed by atoms with Crippen molar-refractivity contribution in [2.24, 2.45) is 0 Å². The van der Waals surface area contributed by atoms with Gasteiger partial charge in [0.25, 0.3) is 5.91 Å². The van der Waals surface area contributed by atoms with E-state index in [0.29, 0.717) is 16.1 Å². The van der Waals surface area contributed by atoms with Gasteiger partial charge >= 0.3 is 0 Å². The second-order valence-corrected chi connectivity index (χ2v) is 6.08. The van der Waals surface area contributed by atoms with Gasteiger partial charge in [0, 0.05) is 5.69 Å². The molecular weight excluding hydrogens is 312 g/mol. The van der Waals surface area contributed by atoms with Crippen LogP contribution >= 0.6 is 27.3 Å². The summed E-state index contributed by atoms with van der Waals surface area (Å²) in [5.74, 6) is -0.140. The number of aryl methyl sites for hydroxylation is 1. The van der Waals surface area contributed by atoms with Crippen LogP contribution in [-0.4, -0.2) is 5.91 Å². The monoisotopic (exact) mass is 320 g/mol. The van der Waals surface area contributed by atoms with Crippen LogP contribution in [-0.2, 0) is 0 Å². The SMILES string of the molecule is Cc1cc(C(=O)Nc2ccc(C#N)cc2)sc1Br. The molecule has 1 heterocycles. The summed E-state index contributed by atoms with van der Waals surface area (Å²) in [6.07, 6.45) is 0. The maximum Gasteiger partial charge on any atom is 0.265 e. The van der Waals surface area contributed by atoms with Crippen molar-refractivity contribution in [3.63, 3.8) is 0 Å². The Kier molecular flexibility index (Phi) is 3.80. The van der Waals surface area contributed by atoms with Crippen molar-refractivity contribution in [3.8, 4) is 6.07 Å². The molecule has 0 atom stereocenters. The lowest BCUT2D eigenvalue weighted by Crippen LogP contribution is -2.09. The zero-order valence-electron chi connectivity index (χ0n) is 9.53. The number of amides is 1. The van der Waals surface area contributed by atoms with Gasteiger partial charge in [-0.2, -0.15) is 5.26 Å². The van der Waals surface area contributed by atoms with E-state index < -0.39 is 0 Å². The Morgan fingerprint density at radius 2 is 2.06 bits per heavy atom. The molecule has 0 saturated carbocycles. The Balaban J connectivity index is 2.13. The molecule has 0 fully saturated rings. The number of hydrogen-bond acceptors (Lipinski definition) is 3. The largest absolute Gasteiger partial charge is 0.321 e. The number of carbonyl (C=O) groups excluding carboxylic acids is 1. The van der Waals surface area contributed by atoms with Crippen LogP contribution in [0.5, 0.6) is 0 Å². The van der Waals surface area contributed by atoms with Crippen LogP contribution < -0.4 is 5.32 Å². The molecule has 90 valence electrons. The van der Waals surface area contributed by atoms with E-state index in [9.17, 15) is 4.79 Å². The first-order chi connectivity index (χ1) is 8.60. The molecule has 0 saturated heterocycles. The number of nitrogens with one attached hydrogen (secondary N) is 1. The number of benzene rings is 1. The highest BCUT2D eigenvalue weighted by atomic mass is 79.9. The van der Waals surface area contributed by atoms with E-state index in [1.165, 1.54) is 11.3 Å². The van der Waals surface area contributed by atoms with E-state index >= 15 is 0 Å². The second kappa shape index (κ2) is 5.34. The first-order valence-electron chi connectivity index (χ1n) is 5.17. The molecule has 1 aromatic carbocycles. The average Bonchev–Trinajstić information content (AvgIpc) is 2.71. The highest BCUT2D eigenvalue weighted by molar-refractivity contribution is 9.11. The van der Waals surface area contributed by atoms with Crippen LogP contribution in [0.1, 0.15) is 20.8 Å². The topological polar surface area (TPSA) is 52.9 Å². The van der Waals surface area contributed by atoms with Gasteiger partial charge < -0.3 is 5.32 Å². The quantitative estimate of drug-likeness (QED) is 0.911. The van der Waals surface area contributed by atoms with Gasteiger partial charge in [-0.25, -0.2) is 0 Å². The highest BCUT2D eigenvalue weighted by Crippen LogP contribution is 2.27. The second-order valence-electron chi connectivity index (χ2n) is 3.71. The molecule has 3 nitrogen and oxygen atoms in total. The number of nitrogens with zero attached hydrogens (tertiary/aromatic N) is 1. The van der Waals surface area contributed by atoms with Crippen molar-refractivity contribution >= 4 is 38.9 Å². The van der Waals surface area contributed by atoms with Crippen LogP contribution in [0.3, 0.4) is 0 Å². The Morgan fingerprint density at radius 1 is 1.39 bits per heavy atom. The normalized spacial score (nSPS) is 9.83. The fourth-order valence-corrected chi connectivity index (χ4v) is 2.82. The van der Waals surface area contributed by atoms with Crippen molar-refractivity contribution in [1.29, 1.82) is 5.26 Å². The standard InChI is InChI=1S/C13H9BrN2OS/c1-8-6-11(18-12(8)14)13(17)16-10-4-2-9(7-15)3-5-10/h2-6H,1H3,(H,16,17). The maximum absolute atomic E-state index is 11.9. The van der Waals surface area contributed by atoms with E-state index in [-0.39, 0.29) is 5.91 Å². The number of halogens is 1. The minimum Gasteiger partial charge on any atom is -0.321 e. The third kappa shape index (κ3) is 2.78. The molecule has 18 heavy (non-hydrogen) atoms. The van der Waals surface area contributed by atoms with E-state index in [1.807, 2.05) is 19.1 Å². The third-order valence-corrected chi connectivity index (χ3v) is 4.49. The zero-order chi connectivity index (χ0) is 13.1. The summed E-state index contributed by atoms with van der Waals surface area (Å²) in [4.78, 5) is 12.6. The van der Waals surface area contributed by atoms with Gasteiger partial charge in [-0.05, 0) is 58.7 Å². The Bertz CT molecular complexity index is 606. The van der Waals surface area contributed by atoms with Gasteiger partial charge in [-0.15, -0.1) is 11.3 Å². The van der Waals surface area contributed by atoms with E-state index in [4.69, 9.17) is 5.26 Å². The van der Waals surface area contributed by atoms with Gasteiger partial charge in [0.1, 0.15) is 0 Å². The Morgan fingerprint density at radius 3 is 2.56 bits per heavy atom. The van der Waals surface area contributed by atoms with Crippen LogP contribution in [0.4, 0.5) is 5.69 Å². The maximum atomic E-state index is 11.9. The summed E-state index contributed by atoms with van der Waals surface area (Å²) in [7, 11) is 0. The summed E-state index contributed by atoms with van der Waals surface area (Å²) >= 11 is 4.79. The molecule has 0 aliphatic heterocycles. The molecule has 0 bridgehead atoms. The van der Waals surface area contributed by atoms with Crippen molar-refractivity contribution < 1.29 is 4.79 Å². The molecule has 0 radical (unpaired) electrons. The van der Waals surface area contributed by atoms with Gasteiger partial charge in [-0.1, -0.05) is 0 Å². The molecule has 1 amide bonds. The minimum absolute atomic E-state index is 0.140. The van der Waals surface area contributed by atoms with Gasteiger partial charge in [-0.3, -0.25) is 4.79 Å². The Labute approximate surface area is 117 Å². The highest BCUT2D eigenvalue weighted by Gasteiger charge is 2.11. The van der Waals surface area contributed by atoms with Crippen LogP contribution in [0.15, 0.2) is 34.1 Å². The minimum atomic E-state index is -0.140. The molecule has 0 spiro atoms. The van der Waals surface area contributed by atoms with Crippen LogP contribution in [0.25, 0.3) is 0 Å². The van der Waals surface area contributed by atoms with E-state index in [0.717, 1.165) is 9.35 Å². The summed E-state index contributed by atoms with van der Waals surface area (Å²) in [6, 6.07) is 10.6. The summed E-state index contributed by atoms with van der Waals surface area (Å²) in [6.45, 7) is 1.94. The van der Waals surface area contributed by atoms with Crippen molar-refractivity contribution in [2.75, 3.05) is 5.32 Å². The molecule has 2 aromatic rings. The predicted molar refractivity (Wildman–Crippen MR) is 75.9 cm³/mol. The lowest BCUT2D eigenvalue weighted by atomic mass is 10.2. The van der Waals surface area contributed by atoms with Crippen LogP contribution in [0.2, 0.25) is 0 Å². The molecule has 1 aromatic heterocycles. The summed E-state index contributed by atoms with van der Waals surface area (Å²) in [5.41, 5.74) is 2.30. The fraction of sp³-hybridized carbons (Fsp3) is 0.0769. The lowest BCUT2D eigenvalue weighted by Gasteiger charge is -2.02. The molecular formula is C13H9BrN2OS. The zero-order valence-corrected chi connectivity index (χ0v) is 11.9. The molecule has 0 unspecified atom stereocenters. The van der Waals surface area contributed by atoms with Crippen LogP contribution in [0, 0.1) is 18.3 Å².